The third kappa shape index (κ3) is 8.88. The van der Waals surface area contributed by atoms with Crippen molar-refractivity contribution in [2.45, 2.75) is 0 Å². The van der Waals surface area contributed by atoms with E-state index in [1.54, 1.807) is 0 Å². The van der Waals surface area contributed by atoms with Gasteiger partial charge < -0.3 is 30.7 Å². The second-order valence-corrected chi connectivity index (χ2v) is 19.6. The van der Waals surface area contributed by atoms with Crippen molar-refractivity contribution in [2.75, 3.05) is 34.5 Å². The van der Waals surface area contributed by atoms with Gasteiger partial charge in [0.05, 0.1) is 11.4 Å². The number of rotatable bonds is 13. The Morgan fingerprint density at radius 2 is 0.461 bits per heavy atom. The Labute approximate surface area is 439 Å². The molecule has 0 saturated heterocycles. The molecule has 4 N–H and O–H groups in total. The first-order valence-corrected chi connectivity index (χ1v) is 25.9. The Bertz CT molecular complexity index is 4280. The van der Waals surface area contributed by atoms with E-state index in [1.165, 1.54) is 64.6 Å². The van der Waals surface area contributed by atoms with Crippen LogP contribution < -0.4 is 30.7 Å². The Kier molecular flexibility index (Phi) is 11.2. The molecule has 0 aliphatic heterocycles. The number of fused-ring (bicyclic) bond motifs is 8. The number of ether oxygens (including phenoxy) is 2. The second-order valence-electron chi connectivity index (χ2n) is 19.6. The summed E-state index contributed by atoms with van der Waals surface area (Å²) in [5.41, 5.74) is 7.25. The predicted octanol–water partition coefficient (Wildman–Crippen LogP) is 19.3. The van der Waals surface area contributed by atoms with Gasteiger partial charge in [0.2, 0.25) is 0 Å². The lowest BCUT2D eigenvalue weighted by molar-refractivity contribution is 0.218. The summed E-state index contributed by atoms with van der Waals surface area (Å²) in [4.78, 5) is 0. The minimum Gasteiger partial charge on any atom is -0.488 e. The van der Waals surface area contributed by atoms with E-state index in [1.807, 2.05) is 24.3 Å². The van der Waals surface area contributed by atoms with E-state index in [0.717, 1.165) is 67.0 Å². The molecule has 14 aromatic carbocycles. The lowest BCUT2D eigenvalue weighted by atomic mass is 10.0. The highest BCUT2D eigenvalue weighted by Gasteiger charge is 2.16. The summed E-state index contributed by atoms with van der Waals surface area (Å²) in [6, 6.07) is 90.4. The van der Waals surface area contributed by atoms with Gasteiger partial charge in [-0.2, -0.15) is 0 Å². The summed E-state index contributed by atoms with van der Waals surface area (Å²) in [5.74, 6) is 1.39. The molecule has 14 aromatic rings. The molecule has 0 spiro atoms. The maximum absolute atomic E-state index is 6.75. The van der Waals surface area contributed by atoms with Crippen LogP contribution in [0.25, 0.3) is 86.2 Å². The van der Waals surface area contributed by atoms with Gasteiger partial charge >= 0.3 is 0 Å². The summed E-state index contributed by atoms with van der Waals surface area (Å²) in [7, 11) is 0. The second kappa shape index (κ2) is 19.1. The first kappa shape index (κ1) is 44.6. The largest absolute Gasteiger partial charge is 0.488 e. The first-order chi connectivity index (χ1) is 37.5. The van der Waals surface area contributed by atoms with Gasteiger partial charge in [0, 0.05) is 22.7 Å². The number of para-hydroxylation sites is 2. The Morgan fingerprint density at radius 3 is 0.750 bits per heavy atom. The van der Waals surface area contributed by atoms with Crippen LogP contribution in [0.3, 0.4) is 0 Å². The van der Waals surface area contributed by atoms with Crippen LogP contribution in [-0.2, 0) is 0 Å². The van der Waals surface area contributed by atoms with E-state index in [-0.39, 0.29) is 13.2 Å². The van der Waals surface area contributed by atoms with Crippen molar-refractivity contribution in [1.82, 2.24) is 0 Å². The van der Waals surface area contributed by atoms with E-state index >= 15 is 0 Å². The Hall–Kier alpha value is -10.0. The number of hydrogen-bond acceptors (Lipinski definition) is 6. The average Bonchev–Trinajstić information content (AvgIpc) is 3.45. The highest BCUT2D eigenvalue weighted by atomic mass is 16.5. The van der Waals surface area contributed by atoms with Crippen molar-refractivity contribution in [3.8, 4) is 11.5 Å². The Balaban J connectivity index is 0.777. The van der Waals surface area contributed by atoms with Crippen LogP contribution in [0.5, 0.6) is 11.5 Å². The monoisotopic (exact) mass is 978 g/mol. The highest BCUT2D eigenvalue weighted by Crippen LogP contribution is 2.41. The maximum atomic E-state index is 6.75. The third-order valence-electron chi connectivity index (χ3n) is 14.6. The smallest absolute Gasteiger partial charge is 0.145 e. The summed E-state index contributed by atoms with van der Waals surface area (Å²) < 4.78 is 13.5. The fourth-order valence-electron chi connectivity index (χ4n) is 10.7. The van der Waals surface area contributed by atoms with Crippen molar-refractivity contribution in [3.05, 3.63) is 255 Å². The molecule has 0 saturated carbocycles. The normalized spacial score (nSPS) is 11.5. The molecule has 76 heavy (non-hydrogen) atoms. The molecular weight excluding hydrogens is 929 g/mol. The average molecular weight is 979 g/mol. The Morgan fingerprint density at radius 1 is 0.211 bits per heavy atom. The van der Waals surface area contributed by atoms with Crippen LogP contribution in [0.1, 0.15) is 0 Å². The predicted molar refractivity (Wildman–Crippen MR) is 323 cm³/mol. The zero-order valence-electron chi connectivity index (χ0n) is 41.5. The van der Waals surface area contributed by atoms with Crippen LogP contribution in [0.4, 0.5) is 45.5 Å². The van der Waals surface area contributed by atoms with Crippen molar-refractivity contribution in [3.63, 3.8) is 0 Å². The fraction of sp³-hybridized carbons (Fsp3) is 0.0286. The molecule has 0 amide bonds. The van der Waals surface area contributed by atoms with Gasteiger partial charge in [0.25, 0.3) is 0 Å². The van der Waals surface area contributed by atoms with E-state index in [2.05, 4.69) is 252 Å². The van der Waals surface area contributed by atoms with Gasteiger partial charge in [-0.15, -0.1) is 0 Å². The molecular formula is C70H50N4O2. The van der Waals surface area contributed by atoms with Crippen LogP contribution in [0.2, 0.25) is 0 Å². The van der Waals surface area contributed by atoms with E-state index in [9.17, 15) is 0 Å². The number of anilines is 8. The van der Waals surface area contributed by atoms with Gasteiger partial charge in [-0.1, -0.05) is 133 Å². The minimum absolute atomic E-state index is 0.281. The van der Waals surface area contributed by atoms with Crippen LogP contribution in [-0.4, -0.2) is 13.2 Å². The molecule has 0 atom stereocenters. The molecule has 0 aliphatic carbocycles. The summed E-state index contributed by atoms with van der Waals surface area (Å²) in [6.07, 6.45) is 0. The molecule has 0 fully saturated rings. The van der Waals surface area contributed by atoms with Crippen molar-refractivity contribution in [2.24, 2.45) is 0 Å². The molecule has 0 heterocycles. The number of hydrogen-bond donors (Lipinski definition) is 4. The van der Waals surface area contributed by atoms with Crippen molar-refractivity contribution >= 4 is 132 Å². The summed E-state index contributed by atoms with van der Waals surface area (Å²) in [5, 5.41) is 34.2. The lowest BCUT2D eigenvalue weighted by Gasteiger charge is -2.20. The molecule has 6 heteroatoms. The standard InChI is InChI=1S/C70H50N4O2/c1-5-15-49-37-57-41-61(27-23-53(57)33-45(49)11-1)71-65-19-9-21-67(69(65)73-63-29-25-55-35-47-13-3-7-17-51(47)39-59(55)43-63)75-31-32-76-68-22-10-20-66(72-62-28-24-54-34-46-12-2-6-16-50(46)38-58(54)42-62)70(68)74-64-30-26-56-36-48-14-4-8-18-52(48)40-60(56)44-64/h1-30,33-44,71-74H,31-32H2. The number of nitrogens with one attached hydrogen (secondary N) is 4. The SMILES string of the molecule is c1cc(Nc2ccc3cc4ccccc4cc3c2)c(Nc2ccc3cc4ccccc4cc3c2)c(OCCOc2cccc(Nc3ccc4cc5ccccc5cc4c3)c2Nc2ccc3cc4ccccc4cc3c2)c1. The van der Waals surface area contributed by atoms with Gasteiger partial charge in [0.15, 0.2) is 0 Å². The van der Waals surface area contributed by atoms with Gasteiger partial charge in [-0.3, -0.25) is 0 Å². The molecule has 0 aliphatic rings. The maximum Gasteiger partial charge on any atom is 0.145 e. The molecule has 0 bridgehead atoms. The molecule has 6 nitrogen and oxygen atoms in total. The molecule has 14 rings (SSSR count). The summed E-state index contributed by atoms with van der Waals surface area (Å²) in [6.45, 7) is 0.563. The highest BCUT2D eigenvalue weighted by molar-refractivity contribution is 6.04. The van der Waals surface area contributed by atoms with Crippen molar-refractivity contribution in [1.29, 1.82) is 0 Å². The minimum atomic E-state index is 0.281. The first-order valence-electron chi connectivity index (χ1n) is 25.9. The van der Waals surface area contributed by atoms with Gasteiger partial charge in [0.1, 0.15) is 36.1 Å². The van der Waals surface area contributed by atoms with E-state index < -0.39 is 0 Å². The third-order valence-corrected chi connectivity index (χ3v) is 14.6. The molecule has 362 valence electrons. The van der Waals surface area contributed by atoms with Crippen LogP contribution >= 0.6 is 0 Å². The summed E-state index contributed by atoms with van der Waals surface area (Å²) >= 11 is 0. The molecule has 0 aromatic heterocycles. The lowest BCUT2D eigenvalue weighted by Crippen LogP contribution is -2.11. The van der Waals surface area contributed by atoms with Gasteiger partial charge in [-0.05, 0) is 208 Å². The molecule has 0 radical (unpaired) electrons. The van der Waals surface area contributed by atoms with Gasteiger partial charge in [-0.25, -0.2) is 0 Å². The van der Waals surface area contributed by atoms with E-state index in [0.29, 0.717) is 11.5 Å². The quantitative estimate of drug-likeness (QED) is 0.0682. The number of benzene rings is 14. The fourth-order valence-corrected chi connectivity index (χ4v) is 10.7. The van der Waals surface area contributed by atoms with Crippen LogP contribution in [0, 0.1) is 0 Å². The zero-order valence-corrected chi connectivity index (χ0v) is 41.5. The zero-order chi connectivity index (χ0) is 50.4. The topological polar surface area (TPSA) is 66.6 Å². The molecule has 0 unspecified atom stereocenters. The van der Waals surface area contributed by atoms with E-state index in [4.69, 9.17) is 9.47 Å². The van der Waals surface area contributed by atoms with Crippen molar-refractivity contribution < 1.29 is 9.47 Å². The van der Waals surface area contributed by atoms with Crippen LogP contribution in [0.15, 0.2) is 255 Å².